The maximum Gasteiger partial charge on any atom is 0.230 e. The lowest BCUT2D eigenvalue weighted by Gasteiger charge is -2.22. The van der Waals surface area contributed by atoms with Crippen LogP contribution in [0.15, 0.2) is 5.11 Å². The van der Waals surface area contributed by atoms with Crippen molar-refractivity contribution in [1.29, 1.82) is 0 Å². The second-order valence-electron chi connectivity index (χ2n) is 4.18. The molecule has 1 aromatic heterocycles. The van der Waals surface area contributed by atoms with Gasteiger partial charge in [-0.2, -0.15) is 15.0 Å². The van der Waals surface area contributed by atoms with Crippen LogP contribution >= 0.6 is 0 Å². The SMILES string of the molecule is CCCCN(CCCC)c1nc(N)nc(N=[N+]=[N-])n1. The Morgan fingerprint density at radius 2 is 1.79 bits per heavy atom. The zero-order chi connectivity index (χ0) is 14.1. The lowest BCUT2D eigenvalue weighted by molar-refractivity contribution is 0.662. The normalized spacial score (nSPS) is 10.0. The first kappa shape index (κ1) is 15.0. The van der Waals surface area contributed by atoms with Gasteiger partial charge in [0.1, 0.15) is 0 Å². The van der Waals surface area contributed by atoms with Crippen molar-refractivity contribution in [1.82, 2.24) is 15.0 Å². The summed E-state index contributed by atoms with van der Waals surface area (Å²) in [7, 11) is 0. The molecule has 0 aliphatic rings. The molecule has 1 rings (SSSR count). The van der Waals surface area contributed by atoms with Gasteiger partial charge in [-0.25, -0.2) is 0 Å². The van der Waals surface area contributed by atoms with Gasteiger partial charge < -0.3 is 10.6 Å². The van der Waals surface area contributed by atoms with Gasteiger partial charge in [0.15, 0.2) is 0 Å². The Labute approximate surface area is 112 Å². The molecule has 1 heterocycles. The van der Waals surface area contributed by atoms with E-state index in [1.807, 2.05) is 0 Å². The molecule has 0 fully saturated rings. The fraction of sp³-hybridized carbons (Fsp3) is 0.727. The molecule has 0 amide bonds. The highest BCUT2D eigenvalue weighted by atomic mass is 15.3. The van der Waals surface area contributed by atoms with Crippen molar-refractivity contribution in [2.24, 2.45) is 5.11 Å². The number of nitrogen functional groups attached to an aromatic ring is 1. The van der Waals surface area contributed by atoms with Crippen LogP contribution in [0.3, 0.4) is 0 Å². The largest absolute Gasteiger partial charge is 0.368 e. The molecular formula is C11H20N8. The standard InChI is InChI=1S/C11H20N8/c1-3-5-7-19(8-6-4-2)11-15-9(12)14-10(16-11)17-18-13/h3-8H2,1-2H3,(H2,12,14,15,16). The Morgan fingerprint density at radius 3 is 2.32 bits per heavy atom. The summed E-state index contributed by atoms with van der Waals surface area (Å²) in [6.45, 7) is 5.97. The average molecular weight is 264 g/mol. The van der Waals surface area contributed by atoms with E-state index >= 15 is 0 Å². The van der Waals surface area contributed by atoms with Crippen molar-refractivity contribution < 1.29 is 0 Å². The van der Waals surface area contributed by atoms with Crippen LogP contribution in [-0.2, 0) is 0 Å². The lowest BCUT2D eigenvalue weighted by Crippen LogP contribution is -2.28. The first-order valence-corrected chi connectivity index (χ1v) is 6.52. The van der Waals surface area contributed by atoms with E-state index in [0.717, 1.165) is 38.8 Å². The van der Waals surface area contributed by atoms with E-state index in [1.54, 1.807) is 0 Å². The fourth-order valence-corrected chi connectivity index (χ4v) is 1.61. The summed E-state index contributed by atoms with van der Waals surface area (Å²) in [5.74, 6) is 0.574. The molecule has 1 aromatic rings. The summed E-state index contributed by atoms with van der Waals surface area (Å²) >= 11 is 0. The van der Waals surface area contributed by atoms with Gasteiger partial charge in [0, 0.05) is 18.0 Å². The van der Waals surface area contributed by atoms with Crippen molar-refractivity contribution in [2.75, 3.05) is 23.7 Å². The summed E-state index contributed by atoms with van der Waals surface area (Å²) in [5, 5.41) is 3.38. The number of unbranched alkanes of at least 4 members (excludes halogenated alkanes) is 2. The Bertz CT molecular complexity index is 432. The molecular weight excluding hydrogens is 244 g/mol. The smallest absolute Gasteiger partial charge is 0.230 e. The van der Waals surface area contributed by atoms with E-state index in [-0.39, 0.29) is 11.9 Å². The van der Waals surface area contributed by atoms with Gasteiger partial charge in [0.05, 0.1) is 0 Å². The van der Waals surface area contributed by atoms with Gasteiger partial charge in [-0.05, 0) is 23.5 Å². The van der Waals surface area contributed by atoms with Gasteiger partial charge in [0.2, 0.25) is 17.8 Å². The summed E-state index contributed by atoms with van der Waals surface area (Å²) in [6, 6.07) is 0. The Hall–Kier alpha value is -2.08. The zero-order valence-corrected chi connectivity index (χ0v) is 11.5. The second kappa shape index (κ2) is 8.10. The number of rotatable bonds is 8. The lowest BCUT2D eigenvalue weighted by atomic mass is 10.3. The molecule has 8 nitrogen and oxygen atoms in total. The van der Waals surface area contributed by atoms with Crippen LogP contribution in [0.25, 0.3) is 10.4 Å². The summed E-state index contributed by atoms with van der Waals surface area (Å²) in [4.78, 5) is 16.8. The van der Waals surface area contributed by atoms with Crippen LogP contribution in [0.2, 0.25) is 0 Å². The third-order valence-electron chi connectivity index (χ3n) is 2.61. The molecule has 0 saturated heterocycles. The maximum atomic E-state index is 8.43. The number of nitrogens with two attached hydrogens (primary N) is 1. The van der Waals surface area contributed by atoms with E-state index in [0.29, 0.717) is 5.95 Å². The van der Waals surface area contributed by atoms with Crippen molar-refractivity contribution in [3.8, 4) is 0 Å². The molecule has 0 radical (unpaired) electrons. The Morgan fingerprint density at radius 1 is 1.16 bits per heavy atom. The Kier molecular flexibility index (Phi) is 6.38. The van der Waals surface area contributed by atoms with E-state index in [9.17, 15) is 0 Å². The quantitative estimate of drug-likeness (QED) is 0.440. The average Bonchev–Trinajstić information content (AvgIpc) is 2.38. The van der Waals surface area contributed by atoms with Crippen LogP contribution in [0.4, 0.5) is 17.8 Å². The van der Waals surface area contributed by atoms with Gasteiger partial charge in [-0.1, -0.05) is 26.7 Å². The van der Waals surface area contributed by atoms with E-state index in [1.165, 1.54) is 0 Å². The third-order valence-corrected chi connectivity index (χ3v) is 2.61. The number of azide groups is 1. The first-order valence-electron chi connectivity index (χ1n) is 6.52. The maximum absolute atomic E-state index is 8.43. The molecule has 2 N–H and O–H groups in total. The number of nitrogens with zero attached hydrogens (tertiary/aromatic N) is 7. The van der Waals surface area contributed by atoms with E-state index in [2.05, 4.69) is 43.7 Å². The zero-order valence-electron chi connectivity index (χ0n) is 11.5. The number of hydrogen-bond acceptors (Lipinski definition) is 6. The van der Waals surface area contributed by atoms with Gasteiger partial charge in [-0.3, -0.25) is 0 Å². The first-order chi connectivity index (χ1) is 9.21. The van der Waals surface area contributed by atoms with Crippen molar-refractivity contribution in [3.63, 3.8) is 0 Å². The van der Waals surface area contributed by atoms with Crippen molar-refractivity contribution >= 4 is 17.8 Å². The minimum absolute atomic E-state index is 0.0167. The molecule has 0 saturated carbocycles. The van der Waals surface area contributed by atoms with Crippen LogP contribution < -0.4 is 10.6 Å². The van der Waals surface area contributed by atoms with Crippen LogP contribution in [0, 0.1) is 0 Å². The van der Waals surface area contributed by atoms with E-state index in [4.69, 9.17) is 11.3 Å². The molecule has 0 aliphatic heterocycles. The monoisotopic (exact) mass is 264 g/mol. The molecule has 8 heteroatoms. The second-order valence-corrected chi connectivity index (χ2v) is 4.18. The predicted molar refractivity (Wildman–Crippen MR) is 75.1 cm³/mol. The van der Waals surface area contributed by atoms with Crippen LogP contribution in [0.1, 0.15) is 39.5 Å². The summed E-state index contributed by atoms with van der Waals surface area (Å²) in [5.41, 5.74) is 14.0. The third kappa shape index (κ3) is 4.97. The number of aromatic nitrogens is 3. The van der Waals surface area contributed by atoms with Crippen LogP contribution in [0.5, 0.6) is 0 Å². The molecule has 0 unspecified atom stereocenters. The van der Waals surface area contributed by atoms with Gasteiger partial charge in [-0.15, -0.1) is 0 Å². The van der Waals surface area contributed by atoms with Gasteiger partial charge >= 0.3 is 0 Å². The molecule has 0 spiro atoms. The summed E-state index contributed by atoms with van der Waals surface area (Å²) in [6.07, 6.45) is 4.27. The van der Waals surface area contributed by atoms with Crippen LogP contribution in [-0.4, -0.2) is 28.0 Å². The van der Waals surface area contributed by atoms with Crippen molar-refractivity contribution in [2.45, 2.75) is 39.5 Å². The fourth-order valence-electron chi connectivity index (χ4n) is 1.61. The highest BCUT2D eigenvalue weighted by Crippen LogP contribution is 2.15. The minimum Gasteiger partial charge on any atom is -0.368 e. The summed E-state index contributed by atoms with van der Waals surface area (Å²) < 4.78 is 0. The Balaban J connectivity index is 2.95. The molecule has 0 aromatic carbocycles. The highest BCUT2D eigenvalue weighted by Gasteiger charge is 2.11. The number of anilines is 2. The molecule has 19 heavy (non-hydrogen) atoms. The minimum atomic E-state index is 0.0167. The highest BCUT2D eigenvalue weighted by molar-refractivity contribution is 5.39. The van der Waals surface area contributed by atoms with E-state index < -0.39 is 0 Å². The number of hydrogen-bond donors (Lipinski definition) is 1. The molecule has 0 atom stereocenters. The predicted octanol–water partition coefficient (Wildman–Crippen LogP) is 2.80. The van der Waals surface area contributed by atoms with Gasteiger partial charge in [0.25, 0.3) is 0 Å². The molecule has 0 bridgehead atoms. The molecule has 0 aliphatic carbocycles. The topological polar surface area (TPSA) is 117 Å². The molecule has 104 valence electrons. The van der Waals surface area contributed by atoms with Crippen molar-refractivity contribution in [3.05, 3.63) is 10.4 Å².